The van der Waals surface area contributed by atoms with E-state index < -0.39 is 0 Å². The fourth-order valence-corrected chi connectivity index (χ4v) is 2.26. The van der Waals surface area contributed by atoms with Crippen molar-refractivity contribution in [2.45, 2.75) is 40.2 Å². The molecule has 106 valence electrons. The highest BCUT2D eigenvalue weighted by molar-refractivity contribution is 5.98. The molecule has 0 amide bonds. The van der Waals surface area contributed by atoms with Crippen molar-refractivity contribution in [3.05, 3.63) is 52.6 Å². The number of aromatic nitrogens is 2. The molecule has 0 saturated carbocycles. The maximum atomic E-state index is 13.3. The van der Waals surface area contributed by atoms with Crippen molar-refractivity contribution in [3.63, 3.8) is 0 Å². The van der Waals surface area contributed by atoms with Crippen LogP contribution in [0.4, 0.5) is 4.39 Å². The van der Waals surface area contributed by atoms with Gasteiger partial charge in [0, 0.05) is 17.8 Å². The van der Waals surface area contributed by atoms with Crippen molar-refractivity contribution < 1.29 is 9.18 Å². The lowest BCUT2D eigenvalue weighted by Crippen LogP contribution is -2.11. The van der Waals surface area contributed by atoms with Gasteiger partial charge in [-0.3, -0.25) is 9.48 Å². The zero-order valence-electron chi connectivity index (χ0n) is 12.1. The molecular weight excluding hydrogens is 255 g/mol. The molecule has 0 N–H and O–H groups in total. The molecule has 0 aliphatic rings. The Hall–Kier alpha value is -1.97. The van der Waals surface area contributed by atoms with Gasteiger partial charge in [0.2, 0.25) is 0 Å². The minimum Gasteiger partial charge on any atom is -0.294 e. The normalized spacial score (nSPS) is 10.8. The van der Waals surface area contributed by atoms with Gasteiger partial charge in [0.15, 0.2) is 5.78 Å². The van der Waals surface area contributed by atoms with Gasteiger partial charge in [-0.25, -0.2) is 4.39 Å². The Balaban J connectivity index is 2.27. The molecule has 1 heterocycles. The summed E-state index contributed by atoms with van der Waals surface area (Å²) in [4.78, 5) is 12.3. The second-order valence-corrected chi connectivity index (χ2v) is 4.86. The van der Waals surface area contributed by atoms with Crippen LogP contribution < -0.4 is 0 Å². The molecule has 0 aliphatic heterocycles. The number of ketones is 1. The number of carbonyl (C=O) groups excluding carboxylic acids is 1. The van der Waals surface area contributed by atoms with Crippen molar-refractivity contribution in [3.8, 4) is 0 Å². The maximum absolute atomic E-state index is 13.3. The first-order chi connectivity index (χ1) is 9.55. The number of carbonyl (C=O) groups is 1. The Labute approximate surface area is 118 Å². The molecule has 3 nitrogen and oxygen atoms in total. The van der Waals surface area contributed by atoms with Crippen LogP contribution in [0.5, 0.6) is 0 Å². The van der Waals surface area contributed by atoms with E-state index in [0.717, 1.165) is 29.9 Å². The molecule has 0 bridgehead atoms. The fraction of sp³-hybridized carbons (Fsp3) is 0.375. The molecule has 2 aromatic rings. The second-order valence-electron chi connectivity index (χ2n) is 4.86. The Morgan fingerprint density at radius 1 is 1.30 bits per heavy atom. The van der Waals surface area contributed by atoms with Crippen molar-refractivity contribution >= 4 is 5.78 Å². The molecule has 2 rings (SSSR count). The lowest BCUT2D eigenvalue weighted by molar-refractivity contribution is 0.0989. The maximum Gasteiger partial charge on any atom is 0.169 e. The lowest BCUT2D eigenvalue weighted by atomic mass is 10.0. The summed E-state index contributed by atoms with van der Waals surface area (Å²) >= 11 is 0. The molecule has 0 spiro atoms. The fourth-order valence-electron chi connectivity index (χ4n) is 2.26. The summed E-state index contributed by atoms with van der Waals surface area (Å²) in [5.41, 5.74) is 3.12. The number of hydrogen-bond donors (Lipinski definition) is 0. The number of Topliss-reactive ketones (excluding diaryl/α,β-unsaturated/α-hetero) is 1. The average molecular weight is 274 g/mol. The van der Waals surface area contributed by atoms with Gasteiger partial charge in [-0.05, 0) is 44.0 Å². The third-order valence-electron chi connectivity index (χ3n) is 3.42. The van der Waals surface area contributed by atoms with Gasteiger partial charge < -0.3 is 0 Å². The van der Waals surface area contributed by atoms with E-state index in [1.54, 1.807) is 6.07 Å². The highest BCUT2D eigenvalue weighted by Crippen LogP contribution is 2.15. The van der Waals surface area contributed by atoms with Crippen LogP contribution in [0.2, 0.25) is 0 Å². The Kier molecular flexibility index (Phi) is 4.32. The largest absolute Gasteiger partial charge is 0.294 e. The van der Waals surface area contributed by atoms with Crippen LogP contribution in [-0.2, 0) is 19.4 Å². The van der Waals surface area contributed by atoms with Gasteiger partial charge in [0.05, 0.1) is 12.1 Å². The molecule has 20 heavy (non-hydrogen) atoms. The van der Waals surface area contributed by atoms with E-state index in [9.17, 15) is 9.18 Å². The minimum absolute atomic E-state index is 0.0701. The van der Waals surface area contributed by atoms with Crippen LogP contribution in [0.15, 0.2) is 24.3 Å². The Morgan fingerprint density at radius 2 is 2.05 bits per heavy atom. The van der Waals surface area contributed by atoms with E-state index in [0.29, 0.717) is 5.56 Å². The number of aryl methyl sites for hydroxylation is 3. The Morgan fingerprint density at radius 3 is 2.70 bits per heavy atom. The third kappa shape index (κ3) is 2.95. The first-order valence-corrected chi connectivity index (χ1v) is 6.90. The van der Waals surface area contributed by atoms with E-state index in [1.807, 2.05) is 31.5 Å². The Bertz CT molecular complexity index is 631. The minimum atomic E-state index is -0.378. The van der Waals surface area contributed by atoms with Gasteiger partial charge in [-0.15, -0.1) is 0 Å². The summed E-state index contributed by atoms with van der Waals surface area (Å²) in [6.45, 7) is 6.57. The second kappa shape index (κ2) is 5.99. The van der Waals surface area contributed by atoms with Gasteiger partial charge in [-0.2, -0.15) is 5.10 Å². The molecule has 0 aliphatic carbocycles. The SMILES string of the molecule is CCc1cc(CC(=O)c2cc(F)ccc2C)n(CC)n1. The van der Waals surface area contributed by atoms with Gasteiger partial charge in [0.25, 0.3) is 0 Å². The van der Waals surface area contributed by atoms with Crippen molar-refractivity contribution in [1.29, 1.82) is 0 Å². The van der Waals surface area contributed by atoms with E-state index >= 15 is 0 Å². The topological polar surface area (TPSA) is 34.9 Å². The number of benzene rings is 1. The highest BCUT2D eigenvalue weighted by Gasteiger charge is 2.14. The van der Waals surface area contributed by atoms with Crippen LogP contribution in [0.3, 0.4) is 0 Å². The van der Waals surface area contributed by atoms with Gasteiger partial charge >= 0.3 is 0 Å². The van der Waals surface area contributed by atoms with E-state index in [2.05, 4.69) is 5.10 Å². The first kappa shape index (κ1) is 14.4. The van der Waals surface area contributed by atoms with Crippen molar-refractivity contribution in [2.75, 3.05) is 0 Å². The van der Waals surface area contributed by atoms with Crippen LogP contribution in [0.25, 0.3) is 0 Å². The summed E-state index contributed by atoms with van der Waals surface area (Å²) in [6.07, 6.45) is 1.10. The van der Waals surface area contributed by atoms with Crippen LogP contribution >= 0.6 is 0 Å². The molecular formula is C16H19FN2O. The number of halogens is 1. The molecule has 0 atom stereocenters. The van der Waals surface area contributed by atoms with Crippen molar-refractivity contribution in [1.82, 2.24) is 9.78 Å². The summed E-state index contributed by atoms with van der Waals surface area (Å²) in [5, 5.41) is 4.42. The number of nitrogens with zero attached hydrogens (tertiary/aromatic N) is 2. The molecule has 0 fully saturated rings. The summed E-state index contributed by atoms with van der Waals surface area (Å²) < 4.78 is 15.1. The number of rotatable bonds is 5. The van der Waals surface area contributed by atoms with Gasteiger partial charge in [-0.1, -0.05) is 13.0 Å². The third-order valence-corrected chi connectivity index (χ3v) is 3.42. The number of hydrogen-bond acceptors (Lipinski definition) is 2. The highest BCUT2D eigenvalue weighted by atomic mass is 19.1. The van der Waals surface area contributed by atoms with E-state index in [-0.39, 0.29) is 18.0 Å². The van der Waals surface area contributed by atoms with Crippen LogP contribution in [0.1, 0.15) is 41.2 Å². The van der Waals surface area contributed by atoms with E-state index in [1.165, 1.54) is 12.1 Å². The molecule has 0 radical (unpaired) electrons. The molecule has 1 aromatic heterocycles. The average Bonchev–Trinajstić information content (AvgIpc) is 2.83. The predicted octanol–water partition coefficient (Wildman–Crippen LogP) is 3.34. The smallest absolute Gasteiger partial charge is 0.169 e. The van der Waals surface area contributed by atoms with E-state index in [4.69, 9.17) is 0 Å². The summed E-state index contributed by atoms with van der Waals surface area (Å²) in [5.74, 6) is -0.448. The van der Waals surface area contributed by atoms with Crippen molar-refractivity contribution in [2.24, 2.45) is 0 Å². The summed E-state index contributed by atoms with van der Waals surface area (Å²) in [6, 6.07) is 6.27. The summed E-state index contributed by atoms with van der Waals surface area (Å²) in [7, 11) is 0. The van der Waals surface area contributed by atoms with Crippen LogP contribution in [-0.4, -0.2) is 15.6 Å². The monoisotopic (exact) mass is 274 g/mol. The zero-order valence-corrected chi connectivity index (χ0v) is 12.1. The van der Waals surface area contributed by atoms with Crippen LogP contribution in [0, 0.1) is 12.7 Å². The predicted molar refractivity (Wildman–Crippen MR) is 76.5 cm³/mol. The first-order valence-electron chi connectivity index (χ1n) is 6.90. The molecule has 0 saturated heterocycles. The molecule has 1 aromatic carbocycles. The zero-order chi connectivity index (χ0) is 14.7. The van der Waals surface area contributed by atoms with Gasteiger partial charge in [0.1, 0.15) is 5.82 Å². The molecule has 0 unspecified atom stereocenters. The lowest BCUT2D eigenvalue weighted by Gasteiger charge is -2.06. The standard InChI is InChI=1S/C16H19FN2O/c1-4-13-9-14(19(5-2)18-13)10-16(20)15-8-12(17)7-6-11(15)3/h6-9H,4-5,10H2,1-3H3. The molecule has 4 heteroatoms. The quantitative estimate of drug-likeness (QED) is 0.784.